The minimum absolute atomic E-state index is 0.0640. The molecule has 0 aliphatic heterocycles. The van der Waals surface area contributed by atoms with Gasteiger partial charge in [-0.05, 0) is 70.3 Å². The molecule has 1 amide bonds. The predicted octanol–water partition coefficient (Wildman–Crippen LogP) is 4.23. The van der Waals surface area contributed by atoms with Gasteiger partial charge in [0.25, 0.3) is 0 Å². The van der Waals surface area contributed by atoms with Crippen molar-refractivity contribution in [2.24, 2.45) is 0 Å². The number of rotatable bonds is 6. The van der Waals surface area contributed by atoms with Crippen LogP contribution in [0.2, 0.25) is 0 Å². The van der Waals surface area contributed by atoms with Crippen LogP contribution >= 0.6 is 22.6 Å². The van der Waals surface area contributed by atoms with Crippen molar-refractivity contribution < 1.29 is 13.2 Å². The minimum Gasteiger partial charge on any atom is -0.348 e. The molecular formula is C21H27IN2O3S. The summed E-state index contributed by atoms with van der Waals surface area (Å²) in [6.07, 6.45) is 1.10. The molecule has 0 spiro atoms. The summed E-state index contributed by atoms with van der Waals surface area (Å²) in [7, 11) is -3.58. The third-order valence-electron chi connectivity index (χ3n) is 4.46. The van der Waals surface area contributed by atoms with Crippen molar-refractivity contribution in [3.05, 3.63) is 63.2 Å². The number of nitrogens with zero attached hydrogens (tertiary/aromatic N) is 1. The van der Waals surface area contributed by atoms with Gasteiger partial charge in [-0.3, -0.25) is 9.10 Å². The first-order valence-electron chi connectivity index (χ1n) is 9.01. The SMILES string of the molecule is C[C@@H](NC(=O)CN(c1ccc(I)cc1)S(C)(=O)=O)c1ccc(C(C)(C)C)cc1. The first kappa shape index (κ1) is 22.7. The molecule has 0 saturated heterocycles. The number of hydrogen-bond donors (Lipinski definition) is 1. The molecule has 0 fully saturated rings. The lowest BCUT2D eigenvalue weighted by Crippen LogP contribution is -2.41. The number of nitrogens with one attached hydrogen (secondary N) is 1. The number of carbonyl (C=O) groups excluding carboxylic acids is 1. The monoisotopic (exact) mass is 514 g/mol. The third kappa shape index (κ3) is 6.20. The van der Waals surface area contributed by atoms with Crippen molar-refractivity contribution in [2.45, 2.75) is 39.2 Å². The van der Waals surface area contributed by atoms with Crippen LogP contribution in [0.5, 0.6) is 0 Å². The van der Waals surface area contributed by atoms with Crippen molar-refractivity contribution in [1.82, 2.24) is 5.32 Å². The molecular weight excluding hydrogens is 487 g/mol. The highest BCUT2D eigenvalue weighted by Crippen LogP contribution is 2.24. The van der Waals surface area contributed by atoms with E-state index in [0.717, 1.165) is 19.7 Å². The quantitative estimate of drug-likeness (QED) is 0.587. The summed E-state index contributed by atoms with van der Waals surface area (Å²) in [6.45, 7) is 8.08. The van der Waals surface area contributed by atoms with E-state index < -0.39 is 10.0 Å². The molecule has 1 N–H and O–H groups in total. The summed E-state index contributed by atoms with van der Waals surface area (Å²) in [5.41, 5.74) is 2.73. The normalized spacial score (nSPS) is 13.1. The number of carbonyl (C=O) groups is 1. The van der Waals surface area contributed by atoms with E-state index in [-0.39, 0.29) is 23.9 Å². The molecule has 0 radical (unpaired) electrons. The summed E-state index contributed by atoms with van der Waals surface area (Å²) in [4.78, 5) is 12.5. The fourth-order valence-electron chi connectivity index (χ4n) is 2.78. The van der Waals surface area contributed by atoms with Crippen LogP contribution in [0.15, 0.2) is 48.5 Å². The first-order chi connectivity index (χ1) is 12.9. The largest absolute Gasteiger partial charge is 0.348 e. The Labute approximate surface area is 181 Å². The molecule has 1 atom stereocenters. The molecule has 0 heterocycles. The van der Waals surface area contributed by atoms with E-state index in [2.05, 4.69) is 60.8 Å². The smallest absolute Gasteiger partial charge is 0.241 e. The van der Waals surface area contributed by atoms with Gasteiger partial charge in [0.2, 0.25) is 15.9 Å². The number of amides is 1. The summed E-state index contributed by atoms with van der Waals surface area (Å²) in [6, 6.07) is 14.9. The second kappa shape index (κ2) is 8.82. The molecule has 2 aromatic rings. The average Bonchev–Trinajstić information content (AvgIpc) is 2.59. The van der Waals surface area contributed by atoms with Gasteiger partial charge in [-0.1, -0.05) is 45.0 Å². The predicted molar refractivity (Wildman–Crippen MR) is 123 cm³/mol. The lowest BCUT2D eigenvalue weighted by molar-refractivity contribution is -0.120. The highest BCUT2D eigenvalue weighted by atomic mass is 127. The molecule has 0 unspecified atom stereocenters. The van der Waals surface area contributed by atoms with Crippen LogP contribution in [0.1, 0.15) is 44.9 Å². The maximum atomic E-state index is 12.5. The van der Waals surface area contributed by atoms with E-state index in [4.69, 9.17) is 0 Å². The Morgan fingerprint density at radius 2 is 1.61 bits per heavy atom. The molecule has 152 valence electrons. The molecule has 5 nitrogen and oxygen atoms in total. The maximum absolute atomic E-state index is 12.5. The Morgan fingerprint density at radius 3 is 2.07 bits per heavy atom. The highest BCUT2D eigenvalue weighted by Gasteiger charge is 2.22. The fourth-order valence-corrected chi connectivity index (χ4v) is 4.00. The van der Waals surface area contributed by atoms with Crippen molar-refractivity contribution in [1.29, 1.82) is 0 Å². The zero-order valence-electron chi connectivity index (χ0n) is 16.9. The van der Waals surface area contributed by atoms with Crippen molar-refractivity contribution in [3.63, 3.8) is 0 Å². The Hall–Kier alpha value is -1.61. The van der Waals surface area contributed by atoms with Crippen LogP contribution in [0.3, 0.4) is 0 Å². The third-order valence-corrected chi connectivity index (χ3v) is 6.32. The van der Waals surface area contributed by atoms with E-state index in [0.29, 0.717) is 5.69 Å². The molecule has 28 heavy (non-hydrogen) atoms. The Bertz CT molecular complexity index is 918. The number of benzene rings is 2. The molecule has 2 rings (SSSR count). The molecule has 0 aromatic heterocycles. The van der Waals surface area contributed by atoms with E-state index in [1.54, 1.807) is 12.1 Å². The van der Waals surface area contributed by atoms with Gasteiger partial charge in [-0.15, -0.1) is 0 Å². The lowest BCUT2D eigenvalue weighted by Gasteiger charge is -2.24. The van der Waals surface area contributed by atoms with Gasteiger partial charge in [0, 0.05) is 3.57 Å². The van der Waals surface area contributed by atoms with Crippen LogP contribution in [-0.4, -0.2) is 27.1 Å². The zero-order chi connectivity index (χ0) is 21.1. The van der Waals surface area contributed by atoms with Gasteiger partial charge in [0.1, 0.15) is 6.54 Å². The lowest BCUT2D eigenvalue weighted by atomic mass is 9.86. The van der Waals surface area contributed by atoms with E-state index in [9.17, 15) is 13.2 Å². The molecule has 0 saturated carbocycles. The first-order valence-corrected chi connectivity index (χ1v) is 11.9. The number of sulfonamides is 1. The van der Waals surface area contributed by atoms with Crippen molar-refractivity contribution in [3.8, 4) is 0 Å². The fraction of sp³-hybridized carbons (Fsp3) is 0.381. The molecule has 0 bridgehead atoms. The second-order valence-corrected chi connectivity index (χ2v) is 11.1. The van der Waals surface area contributed by atoms with E-state index in [1.807, 2.05) is 31.2 Å². The van der Waals surface area contributed by atoms with Gasteiger partial charge < -0.3 is 5.32 Å². The molecule has 0 aliphatic carbocycles. The van der Waals surface area contributed by atoms with Gasteiger partial charge in [-0.25, -0.2) is 8.42 Å². The van der Waals surface area contributed by atoms with Crippen LogP contribution < -0.4 is 9.62 Å². The summed E-state index contributed by atoms with van der Waals surface area (Å²) >= 11 is 2.15. The van der Waals surface area contributed by atoms with Crippen molar-refractivity contribution >= 4 is 44.2 Å². The van der Waals surface area contributed by atoms with E-state index in [1.165, 1.54) is 5.56 Å². The summed E-state index contributed by atoms with van der Waals surface area (Å²) < 4.78 is 26.5. The standard InChI is InChI=1S/C21H27IN2O3S/c1-15(16-6-8-17(9-7-16)21(2,3)4)23-20(25)14-24(28(5,26)27)19-12-10-18(22)11-13-19/h6-13,15H,14H2,1-5H3,(H,23,25)/t15-/m1/s1. The zero-order valence-corrected chi connectivity index (χ0v) is 19.8. The topological polar surface area (TPSA) is 66.5 Å². The number of halogens is 1. The minimum atomic E-state index is -3.58. The van der Waals surface area contributed by atoms with E-state index >= 15 is 0 Å². The van der Waals surface area contributed by atoms with Crippen LogP contribution in [0, 0.1) is 3.57 Å². The average molecular weight is 514 g/mol. The highest BCUT2D eigenvalue weighted by molar-refractivity contribution is 14.1. The van der Waals surface area contributed by atoms with Gasteiger partial charge >= 0.3 is 0 Å². The van der Waals surface area contributed by atoms with Crippen LogP contribution in [-0.2, 0) is 20.2 Å². The summed E-state index contributed by atoms with van der Waals surface area (Å²) in [5, 5.41) is 2.89. The maximum Gasteiger partial charge on any atom is 0.241 e. The Balaban J connectivity index is 2.11. The molecule has 7 heteroatoms. The molecule has 0 aliphatic rings. The molecule has 2 aromatic carbocycles. The number of hydrogen-bond acceptors (Lipinski definition) is 3. The second-order valence-electron chi connectivity index (χ2n) is 7.91. The van der Waals surface area contributed by atoms with Crippen LogP contribution in [0.4, 0.5) is 5.69 Å². The van der Waals surface area contributed by atoms with Gasteiger partial charge in [0.15, 0.2) is 0 Å². The van der Waals surface area contributed by atoms with Crippen molar-refractivity contribution in [2.75, 3.05) is 17.1 Å². The Kier molecular flexibility index (Phi) is 7.14. The number of anilines is 1. The van der Waals surface area contributed by atoms with Gasteiger partial charge in [-0.2, -0.15) is 0 Å². The van der Waals surface area contributed by atoms with Gasteiger partial charge in [0.05, 0.1) is 18.0 Å². The van der Waals surface area contributed by atoms with Crippen LogP contribution in [0.25, 0.3) is 0 Å². The summed E-state index contributed by atoms with van der Waals surface area (Å²) in [5.74, 6) is -0.351. The Morgan fingerprint density at radius 1 is 1.07 bits per heavy atom.